The van der Waals surface area contributed by atoms with E-state index in [1.807, 2.05) is 12.1 Å². The fraction of sp³-hybridized carbons (Fsp3) is 0.167. The molecule has 8 heteroatoms. The molecule has 0 atom stereocenters. The summed E-state index contributed by atoms with van der Waals surface area (Å²) in [7, 11) is 0. The Balaban J connectivity index is 1.58. The van der Waals surface area contributed by atoms with Crippen LogP contribution in [0.2, 0.25) is 5.02 Å². The Hall–Kier alpha value is -3.45. The molecular weight excluding hydrogens is 434 g/mol. The highest BCUT2D eigenvalue weighted by Gasteiger charge is 2.18. The number of nitrogens with zero attached hydrogens (tertiary/aromatic N) is 1. The van der Waals surface area contributed by atoms with Crippen LogP contribution in [0.1, 0.15) is 36.7 Å². The third kappa shape index (κ3) is 4.43. The summed E-state index contributed by atoms with van der Waals surface area (Å²) in [6.45, 7) is 6.29. The number of fused-ring (bicyclic) bond motifs is 1. The molecule has 0 aliphatic carbocycles. The van der Waals surface area contributed by atoms with E-state index in [2.05, 4.69) is 41.4 Å². The zero-order valence-corrected chi connectivity index (χ0v) is 18.4. The smallest absolute Gasteiger partial charge is 0.258 e. The Morgan fingerprint density at radius 1 is 1.03 bits per heavy atom. The van der Waals surface area contributed by atoms with Crippen molar-refractivity contribution >= 4 is 45.9 Å². The predicted molar refractivity (Wildman–Crippen MR) is 124 cm³/mol. The average Bonchev–Trinajstić information content (AvgIpc) is 3.11. The Bertz CT molecular complexity index is 1290. The lowest BCUT2D eigenvalue weighted by Gasteiger charge is -2.19. The first kappa shape index (κ1) is 21.8. The van der Waals surface area contributed by atoms with Gasteiger partial charge in [0, 0.05) is 11.8 Å². The third-order valence-corrected chi connectivity index (χ3v) is 5.35. The van der Waals surface area contributed by atoms with Crippen LogP contribution < -0.4 is 10.6 Å². The van der Waals surface area contributed by atoms with E-state index in [9.17, 15) is 13.6 Å². The van der Waals surface area contributed by atoms with E-state index in [1.165, 1.54) is 30.3 Å². The molecule has 32 heavy (non-hydrogen) atoms. The molecule has 164 valence electrons. The maximum Gasteiger partial charge on any atom is 0.258 e. The number of carbonyl (C=O) groups excluding carboxylic acids is 1. The molecule has 0 fully saturated rings. The summed E-state index contributed by atoms with van der Waals surface area (Å²) in [4.78, 5) is 19.8. The highest BCUT2D eigenvalue weighted by atomic mass is 35.5. The second-order valence-corrected chi connectivity index (χ2v) is 8.84. The van der Waals surface area contributed by atoms with Crippen molar-refractivity contribution in [3.8, 4) is 0 Å². The highest BCUT2D eigenvalue weighted by Crippen LogP contribution is 2.29. The molecule has 3 aromatic carbocycles. The molecule has 0 saturated heterocycles. The normalized spacial score (nSPS) is 11.6. The molecule has 1 heterocycles. The van der Waals surface area contributed by atoms with Crippen LogP contribution in [0, 0.1) is 11.6 Å². The molecular formula is C24H21ClF2N4O. The lowest BCUT2D eigenvalue weighted by molar-refractivity contribution is 0.102. The molecule has 5 nitrogen and oxygen atoms in total. The maximum absolute atomic E-state index is 14.6. The van der Waals surface area contributed by atoms with Gasteiger partial charge in [0.05, 0.1) is 27.3 Å². The van der Waals surface area contributed by atoms with Gasteiger partial charge in [0.15, 0.2) is 0 Å². The van der Waals surface area contributed by atoms with Crippen molar-refractivity contribution in [2.75, 3.05) is 10.6 Å². The third-order valence-electron chi connectivity index (χ3n) is 5.03. The van der Waals surface area contributed by atoms with Gasteiger partial charge in [-0.15, -0.1) is 0 Å². The van der Waals surface area contributed by atoms with E-state index in [0.29, 0.717) is 16.7 Å². The number of halogens is 3. The van der Waals surface area contributed by atoms with E-state index < -0.39 is 17.5 Å². The SMILES string of the molecule is CC(C)(C)c1ccc(NC(=O)c2cc3nc(Nc4c(F)cccc4Cl)[nH]c3cc2F)cc1. The second kappa shape index (κ2) is 8.24. The molecule has 0 bridgehead atoms. The molecule has 0 unspecified atom stereocenters. The Kier molecular flexibility index (Phi) is 5.60. The quantitative estimate of drug-likeness (QED) is 0.318. The number of benzene rings is 3. The molecule has 0 aliphatic rings. The van der Waals surface area contributed by atoms with Gasteiger partial charge in [-0.2, -0.15) is 0 Å². The number of rotatable bonds is 4. The van der Waals surface area contributed by atoms with Crippen LogP contribution in [-0.2, 0) is 5.41 Å². The number of carbonyl (C=O) groups is 1. The first-order valence-electron chi connectivity index (χ1n) is 9.94. The van der Waals surface area contributed by atoms with Crippen molar-refractivity contribution < 1.29 is 13.6 Å². The Morgan fingerprint density at radius 2 is 1.75 bits per heavy atom. The van der Waals surface area contributed by atoms with E-state index in [4.69, 9.17) is 11.6 Å². The van der Waals surface area contributed by atoms with Gasteiger partial charge in [-0.25, -0.2) is 13.8 Å². The minimum atomic E-state index is -0.708. The lowest BCUT2D eigenvalue weighted by atomic mass is 9.87. The molecule has 3 N–H and O–H groups in total. The molecule has 0 aliphatic heterocycles. The summed E-state index contributed by atoms with van der Waals surface area (Å²) >= 11 is 6.02. The van der Waals surface area contributed by atoms with Crippen LogP contribution in [0.25, 0.3) is 11.0 Å². The molecule has 1 amide bonds. The summed E-state index contributed by atoms with van der Waals surface area (Å²) in [6, 6.07) is 14.2. The number of amides is 1. The molecule has 4 rings (SSSR count). The Labute approximate surface area is 188 Å². The zero-order valence-electron chi connectivity index (χ0n) is 17.7. The van der Waals surface area contributed by atoms with Crippen molar-refractivity contribution in [3.63, 3.8) is 0 Å². The Morgan fingerprint density at radius 3 is 2.41 bits per heavy atom. The minimum Gasteiger partial charge on any atom is -0.324 e. The number of H-pyrrole nitrogens is 1. The van der Waals surface area contributed by atoms with Gasteiger partial charge in [0.2, 0.25) is 5.95 Å². The van der Waals surface area contributed by atoms with Gasteiger partial charge in [-0.3, -0.25) is 4.79 Å². The molecule has 4 aromatic rings. The van der Waals surface area contributed by atoms with E-state index in [-0.39, 0.29) is 27.6 Å². The van der Waals surface area contributed by atoms with Gasteiger partial charge >= 0.3 is 0 Å². The first-order valence-corrected chi connectivity index (χ1v) is 10.3. The summed E-state index contributed by atoms with van der Waals surface area (Å²) < 4.78 is 28.7. The summed E-state index contributed by atoms with van der Waals surface area (Å²) in [5.41, 5.74) is 2.25. The van der Waals surface area contributed by atoms with Gasteiger partial charge < -0.3 is 15.6 Å². The molecule has 0 spiro atoms. The van der Waals surface area contributed by atoms with E-state index >= 15 is 0 Å². The number of anilines is 3. The number of aromatic amines is 1. The lowest BCUT2D eigenvalue weighted by Crippen LogP contribution is -2.15. The maximum atomic E-state index is 14.6. The fourth-order valence-corrected chi connectivity index (χ4v) is 3.46. The van der Waals surface area contributed by atoms with Crippen molar-refractivity contribution in [2.45, 2.75) is 26.2 Å². The summed E-state index contributed by atoms with van der Waals surface area (Å²) in [5, 5.41) is 5.64. The van der Waals surface area contributed by atoms with Crippen molar-refractivity contribution in [1.82, 2.24) is 9.97 Å². The van der Waals surface area contributed by atoms with E-state index in [1.54, 1.807) is 12.1 Å². The van der Waals surface area contributed by atoms with Crippen molar-refractivity contribution in [3.05, 3.63) is 82.4 Å². The molecule has 0 saturated carbocycles. The monoisotopic (exact) mass is 454 g/mol. The minimum absolute atomic E-state index is 0.0156. The number of para-hydroxylation sites is 1. The van der Waals surface area contributed by atoms with Gasteiger partial charge in [-0.1, -0.05) is 50.6 Å². The number of hydrogen-bond donors (Lipinski definition) is 3. The fourth-order valence-electron chi connectivity index (χ4n) is 3.25. The molecule has 1 aromatic heterocycles. The zero-order chi connectivity index (χ0) is 23.0. The van der Waals surface area contributed by atoms with Crippen LogP contribution in [0.4, 0.5) is 26.1 Å². The number of imidazole rings is 1. The second-order valence-electron chi connectivity index (χ2n) is 8.44. The van der Waals surface area contributed by atoms with Crippen LogP contribution in [0.5, 0.6) is 0 Å². The first-order chi connectivity index (χ1) is 15.1. The van der Waals surface area contributed by atoms with Crippen molar-refractivity contribution in [1.29, 1.82) is 0 Å². The van der Waals surface area contributed by atoms with Crippen molar-refractivity contribution in [2.24, 2.45) is 0 Å². The molecule has 0 radical (unpaired) electrons. The van der Waals surface area contributed by atoms with E-state index in [0.717, 1.165) is 5.56 Å². The predicted octanol–water partition coefficient (Wildman–Crippen LogP) is 6.79. The summed E-state index contributed by atoms with van der Waals surface area (Å²) in [6.07, 6.45) is 0. The van der Waals surface area contributed by atoms with Crippen LogP contribution in [0.3, 0.4) is 0 Å². The van der Waals surface area contributed by atoms with Gasteiger partial charge in [0.1, 0.15) is 11.6 Å². The van der Waals surface area contributed by atoms with Gasteiger partial charge in [0.25, 0.3) is 5.91 Å². The van der Waals surface area contributed by atoms with Gasteiger partial charge in [-0.05, 0) is 41.3 Å². The standard InChI is InChI=1S/C24H21ClF2N4O/c1-24(2,3)13-7-9-14(10-8-13)28-22(32)15-11-19-20(12-18(15)27)30-23(29-19)31-21-16(25)5-4-6-17(21)26/h4-12H,1-3H3,(H,28,32)(H2,29,30,31). The number of aromatic nitrogens is 2. The van der Waals surface area contributed by atoms with Crippen LogP contribution in [0.15, 0.2) is 54.6 Å². The van der Waals surface area contributed by atoms with Crippen LogP contribution in [-0.4, -0.2) is 15.9 Å². The highest BCUT2D eigenvalue weighted by molar-refractivity contribution is 6.33. The summed E-state index contributed by atoms with van der Waals surface area (Å²) in [5.74, 6) is -1.69. The topological polar surface area (TPSA) is 69.8 Å². The largest absolute Gasteiger partial charge is 0.324 e. The average molecular weight is 455 g/mol. The van der Waals surface area contributed by atoms with Crippen LogP contribution >= 0.6 is 11.6 Å². The number of nitrogens with one attached hydrogen (secondary N) is 3. The number of hydrogen-bond acceptors (Lipinski definition) is 3.